The van der Waals surface area contributed by atoms with Crippen molar-refractivity contribution in [2.75, 3.05) is 11.9 Å². The Kier molecular flexibility index (Phi) is 2.22. The summed E-state index contributed by atoms with van der Waals surface area (Å²) in [5.41, 5.74) is 3.87. The van der Waals surface area contributed by atoms with Crippen molar-refractivity contribution in [1.29, 1.82) is 0 Å². The molecule has 1 heterocycles. The number of hydrogen-bond donors (Lipinski definition) is 1. The van der Waals surface area contributed by atoms with Gasteiger partial charge in [-0.3, -0.25) is 0 Å². The van der Waals surface area contributed by atoms with Crippen molar-refractivity contribution in [3.8, 4) is 0 Å². The van der Waals surface area contributed by atoms with Crippen molar-refractivity contribution in [3.63, 3.8) is 0 Å². The molecule has 0 radical (unpaired) electrons. The normalized spacial score (nSPS) is 10.2. The summed E-state index contributed by atoms with van der Waals surface area (Å²) >= 11 is 0. The number of aromatic nitrogens is 1. The van der Waals surface area contributed by atoms with E-state index in [-0.39, 0.29) is 0 Å². The molecule has 1 rings (SSSR count). The molecule has 1 N–H and O–H groups in total. The van der Waals surface area contributed by atoms with Crippen LogP contribution < -0.4 is 5.32 Å². The van der Waals surface area contributed by atoms with Crippen LogP contribution in [-0.4, -0.2) is 11.1 Å². The topological polar surface area (TPSA) is 17.0 Å². The Hall–Kier alpha value is -0.920. The van der Waals surface area contributed by atoms with E-state index in [1.807, 2.05) is 0 Å². The van der Waals surface area contributed by atoms with Crippen LogP contribution in [-0.2, 0) is 7.05 Å². The Morgan fingerprint density at radius 1 is 1.45 bits per heavy atom. The van der Waals surface area contributed by atoms with E-state index in [2.05, 4.69) is 43.8 Å². The summed E-state index contributed by atoms with van der Waals surface area (Å²) in [5, 5.41) is 3.32. The number of rotatable bonds is 2. The minimum Gasteiger partial charge on any atom is -0.384 e. The van der Waals surface area contributed by atoms with Crippen LogP contribution >= 0.6 is 0 Å². The van der Waals surface area contributed by atoms with Gasteiger partial charge in [0.25, 0.3) is 0 Å². The maximum atomic E-state index is 3.32. The summed E-state index contributed by atoms with van der Waals surface area (Å²) in [6, 6.07) is 2.18. The maximum Gasteiger partial charge on any atom is 0.0552 e. The highest BCUT2D eigenvalue weighted by Crippen LogP contribution is 2.17. The summed E-state index contributed by atoms with van der Waals surface area (Å²) in [6.45, 7) is 7.35. The fourth-order valence-electron chi connectivity index (χ4n) is 1.22. The second kappa shape index (κ2) is 2.99. The highest BCUT2D eigenvalue weighted by atomic mass is 15.0. The van der Waals surface area contributed by atoms with Gasteiger partial charge in [0.15, 0.2) is 0 Å². The third-order valence-electron chi connectivity index (χ3n) is 2.14. The molecule has 0 aliphatic carbocycles. The van der Waals surface area contributed by atoms with Crippen LogP contribution in [0.15, 0.2) is 6.07 Å². The van der Waals surface area contributed by atoms with Crippen molar-refractivity contribution in [2.24, 2.45) is 7.05 Å². The molecule has 0 aromatic carbocycles. The SMILES string of the molecule is CCNc1cc(C)n(C)c1C. The maximum absolute atomic E-state index is 3.32. The predicted molar refractivity (Wildman–Crippen MR) is 49.1 cm³/mol. The van der Waals surface area contributed by atoms with Crippen LogP contribution in [0.2, 0.25) is 0 Å². The van der Waals surface area contributed by atoms with E-state index in [1.54, 1.807) is 0 Å². The van der Waals surface area contributed by atoms with Crippen LogP contribution in [0.1, 0.15) is 18.3 Å². The lowest BCUT2D eigenvalue weighted by Gasteiger charge is -2.02. The van der Waals surface area contributed by atoms with Gasteiger partial charge in [-0.25, -0.2) is 0 Å². The van der Waals surface area contributed by atoms with E-state index < -0.39 is 0 Å². The van der Waals surface area contributed by atoms with Gasteiger partial charge in [0.1, 0.15) is 0 Å². The molecular weight excluding hydrogens is 136 g/mol. The van der Waals surface area contributed by atoms with Gasteiger partial charge < -0.3 is 9.88 Å². The number of hydrogen-bond acceptors (Lipinski definition) is 1. The van der Waals surface area contributed by atoms with Gasteiger partial charge in [0.05, 0.1) is 5.69 Å². The van der Waals surface area contributed by atoms with Gasteiger partial charge in [-0.05, 0) is 26.8 Å². The fraction of sp³-hybridized carbons (Fsp3) is 0.556. The number of nitrogens with one attached hydrogen (secondary N) is 1. The van der Waals surface area contributed by atoms with E-state index in [0.29, 0.717) is 0 Å². The van der Waals surface area contributed by atoms with E-state index in [1.165, 1.54) is 17.1 Å². The number of anilines is 1. The van der Waals surface area contributed by atoms with Crippen molar-refractivity contribution in [3.05, 3.63) is 17.5 Å². The van der Waals surface area contributed by atoms with Gasteiger partial charge in [-0.15, -0.1) is 0 Å². The Bertz CT molecular complexity index is 248. The minimum atomic E-state index is 0.990. The molecule has 0 saturated heterocycles. The third kappa shape index (κ3) is 1.39. The smallest absolute Gasteiger partial charge is 0.0552 e. The molecule has 0 atom stereocenters. The first-order valence-electron chi connectivity index (χ1n) is 4.03. The zero-order chi connectivity index (χ0) is 8.43. The van der Waals surface area contributed by atoms with Gasteiger partial charge in [0.2, 0.25) is 0 Å². The fourth-order valence-corrected chi connectivity index (χ4v) is 1.22. The molecule has 0 amide bonds. The van der Waals surface area contributed by atoms with Crippen LogP contribution in [0.4, 0.5) is 5.69 Å². The molecule has 0 bridgehead atoms. The first-order chi connectivity index (χ1) is 5.16. The zero-order valence-electron chi connectivity index (χ0n) is 7.73. The molecule has 0 fully saturated rings. The van der Waals surface area contributed by atoms with Crippen LogP contribution in [0.3, 0.4) is 0 Å². The molecule has 2 nitrogen and oxygen atoms in total. The Morgan fingerprint density at radius 2 is 2.09 bits per heavy atom. The van der Waals surface area contributed by atoms with Crippen molar-refractivity contribution in [2.45, 2.75) is 20.8 Å². The molecule has 0 unspecified atom stereocenters. The van der Waals surface area contributed by atoms with Crippen LogP contribution in [0, 0.1) is 13.8 Å². The third-order valence-corrected chi connectivity index (χ3v) is 2.14. The molecular formula is C9H16N2. The second-order valence-corrected chi connectivity index (χ2v) is 2.87. The summed E-state index contributed by atoms with van der Waals surface area (Å²) in [5.74, 6) is 0. The average Bonchev–Trinajstić information content (AvgIpc) is 2.19. The lowest BCUT2D eigenvalue weighted by Crippen LogP contribution is -1.98. The highest BCUT2D eigenvalue weighted by molar-refractivity contribution is 5.50. The second-order valence-electron chi connectivity index (χ2n) is 2.87. The van der Waals surface area contributed by atoms with Crippen molar-refractivity contribution >= 4 is 5.69 Å². The summed E-state index contributed by atoms with van der Waals surface area (Å²) in [4.78, 5) is 0. The summed E-state index contributed by atoms with van der Waals surface area (Å²) in [7, 11) is 2.09. The molecule has 2 heteroatoms. The molecule has 0 saturated carbocycles. The lowest BCUT2D eigenvalue weighted by molar-refractivity contribution is 0.844. The largest absolute Gasteiger partial charge is 0.384 e. The minimum absolute atomic E-state index is 0.990. The van der Waals surface area contributed by atoms with Crippen LogP contribution in [0.25, 0.3) is 0 Å². The zero-order valence-corrected chi connectivity index (χ0v) is 7.73. The van der Waals surface area contributed by atoms with Gasteiger partial charge in [-0.1, -0.05) is 0 Å². The lowest BCUT2D eigenvalue weighted by atomic mass is 10.4. The number of nitrogens with zero attached hydrogens (tertiary/aromatic N) is 1. The molecule has 62 valence electrons. The van der Waals surface area contributed by atoms with Gasteiger partial charge >= 0.3 is 0 Å². The summed E-state index contributed by atoms with van der Waals surface area (Å²) in [6.07, 6.45) is 0. The predicted octanol–water partition coefficient (Wildman–Crippen LogP) is 2.07. The monoisotopic (exact) mass is 152 g/mol. The first-order valence-corrected chi connectivity index (χ1v) is 4.03. The van der Waals surface area contributed by atoms with E-state index >= 15 is 0 Å². The Morgan fingerprint density at radius 3 is 2.45 bits per heavy atom. The molecule has 0 spiro atoms. The average molecular weight is 152 g/mol. The Balaban J connectivity index is 2.98. The quantitative estimate of drug-likeness (QED) is 0.686. The first kappa shape index (κ1) is 8.18. The van der Waals surface area contributed by atoms with E-state index in [9.17, 15) is 0 Å². The summed E-state index contributed by atoms with van der Waals surface area (Å²) < 4.78 is 2.19. The highest BCUT2D eigenvalue weighted by Gasteiger charge is 2.02. The van der Waals surface area contributed by atoms with Crippen LogP contribution in [0.5, 0.6) is 0 Å². The standard InChI is InChI=1S/C9H16N2/c1-5-10-9-6-7(2)11(4)8(9)3/h6,10H,5H2,1-4H3. The Labute approximate surface area is 68.2 Å². The molecule has 0 aliphatic rings. The number of aryl methyl sites for hydroxylation is 1. The van der Waals surface area contributed by atoms with Crippen molar-refractivity contribution < 1.29 is 0 Å². The van der Waals surface area contributed by atoms with E-state index in [4.69, 9.17) is 0 Å². The molecule has 1 aromatic heterocycles. The molecule has 11 heavy (non-hydrogen) atoms. The van der Waals surface area contributed by atoms with Gasteiger partial charge in [-0.2, -0.15) is 0 Å². The van der Waals surface area contributed by atoms with E-state index in [0.717, 1.165) is 6.54 Å². The molecule has 0 aliphatic heterocycles. The molecule has 1 aromatic rings. The van der Waals surface area contributed by atoms with Crippen molar-refractivity contribution in [1.82, 2.24) is 4.57 Å². The van der Waals surface area contributed by atoms with Gasteiger partial charge in [0, 0.05) is 25.0 Å².